The van der Waals surface area contributed by atoms with Crippen molar-refractivity contribution in [3.8, 4) is 11.5 Å². The first-order valence-corrected chi connectivity index (χ1v) is 12.7. The van der Waals surface area contributed by atoms with Gasteiger partial charge in [0.1, 0.15) is 36.4 Å². The molecule has 3 heterocycles. The van der Waals surface area contributed by atoms with Crippen LogP contribution >= 0.6 is 11.6 Å². The van der Waals surface area contributed by atoms with Crippen LogP contribution in [0.25, 0.3) is 10.9 Å². The number of rotatable bonds is 10. The molecule has 1 aliphatic rings. The highest BCUT2D eigenvalue weighted by atomic mass is 35.5. The number of aromatic nitrogens is 3. The molecular weight excluding hydrogens is 532 g/mol. The minimum absolute atomic E-state index is 0.156. The maximum absolute atomic E-state index is 12.9. The largest absolute Gasteiger partial charge is 0.486 e. The second kappa shape index (κ2) is 12.6. The smallest absolute Gasteiger partial charge is 0.249 e. The van der Waals surface area contributed by atoms with Gasteiger partial charge in [0, 0.05) is 64.2 Å². The third-order valence-electron chi connectivity index (χ3n) is 5.85. The highest BCUT2D eigenvalue weighted by molar-refractivity contribution is 6.32. The quantitative estimate of drug-likeness (QED) is 0.251. The standard InChI is InChI=1S/C29H29ClN6O4/c1-36(2)11-8-28(37)35-25-14-22-24(15-27(25)40-21-9-12-38-17-21)32-18-33-29(22)34-19-6-7-26(23(30)13-19)39-16-20-5-3-4-10-31-20/h3-8,10-11,13-15,18,21H,9,12,16-17H2,1-2H3,(H,35,37)(H,32,33,34)/b11-8+/i1D3,2D3. The van der Waals surface area contributed by atoms with Crippen LogP contribution < -0.4 is 20.1 Å². The Kier molecular flexibility index (Phi) is 6.47. The van der Waals surface area contributed by atoms with E-state index in [4.69, 9.17) is 34.0 Å². The molecule has 0 aliphatic carbocycles. The lowest BCUT2D eigenvalue weighted by atomic mass is 10.1. The molecule has 1 atom stereocenters. The zero-order chi connectivity index (χ0) is 32.9. The van der Waals surface area contributed by atoms with Gasteiger partial charge in [-0.1, -0.05) is 17.7 Å². The highest BCUT2D eigenvalue weighted by Gasteiger charge is 2.21. The molecule has 4 aromatic rings. The lowest BCUT2D eigenvalue weighted by molar-refractivity contribution is -0.112. The number of pyridine rings is 1. The third-order valence-corrected chi connectivity index (χ3v) is 6.14. The van der Waals surface area contributed by atoms with Gasteiger partial charge < -0.3 is 29.7 Å². The van der Waals surface area contributed by atoms with Gasteiger partial charge in [-0.2, -0.15) is 0 Å². The van der Waals surface area contributed by atoms with Crippen LogP contribution in [0.3, 0.4) is 0 Å². The summed E-state index contributed by atoms with van der Waals surface area (Å²) in [7, 11) is 0. The molecule has 1 unspecified atom stereocenters. The van der Waals surface area contributed by atoms with E-state index in [1.807, 2.05) is 18.2 Å². The number of benzene rings is 2. The van der Waals surface area contributed by atoms with Gasteiger partial charge in [-0.05, 0) is 36.4 Å². The predicted molar refractivity (Wildman–Crippen MR) is 154 cm³/mol. The number of amides is 1. The van der Waals surface area contributed by atoms with Gasteiger partial charge in [0.05, 0.1) is 35.1 Å². The van der Waals surface area contributed by atoms with E-state index < -0.39 is 19.9 Å². The number of hydrogen-bond donors (Lipinski definition) is 2. The number of carbonyl (C=O) groups excluding carboxylic acids is 1. The Morgan fingerprint density at radius 1 is 1.20 bits per heavy atom. The van der Waals surface area contributed by atoms with Crippen LogP contribution in [0.2, 0.25) is 5.02 Å². The molecule has 2 N–H and O–H groups in total. The van der Waals surface area contributed by atoms with Crippen LogP contribution in [-0.4, -0.2) is 59.0 Å². The summed E-state index contributed by atoms with van der Waals surface area (Å²) in [5, 5.41) is 6.74. The molecule has 206 valence electrons. The van der Waals surface area contributed by atoms with Gasteiger partial charge in [-0.25, -0.2) is 9.97 Å². The fourth-order valence-electron chi connectivity index (χ4n) is 3.95. The average Bonchev–Trinajstić information content (AvgIpc) is 3.50. The fourth-order valence-corrected chi connectivity index (χ4v) is 4.18. The van der Waals surface area contributed by atoms with Crippen molar-refractivity contribution in [2.45, 2.75) is 19.1 Å². The number of nitrogens with zero attached hydrogens (tertiary/aromatic N) is 4. The summed E-state index contributed by atoms with van der Waals surface area (Å²) in [4.78, 5) is 26.1. The van der Waals surface area contributed by atoms with Crippen LogP contribution in [0.5, 0.6) is 11.5 Å². The molecule has 1 amide bonds. The number of carbonyl (C=O) groups is 1. The zero-order valence-corrected chi connectivity index (χ0v) is 21.9. The Bertz CT molecular complexity index is 1700. The topological polar surface area (TPSA) is 111 Å². The summed E-state index contributed by atoms with van der Waals surface area (Å²) >= 11 is 6.50. The first-order valence-electron chi connectivity index (χ1n) is 15.3. The van der Waals surface area contributed by atoms with E-state index in [2.05, 4.69) is 25.6 Å². The molecule has 1 fully saturated rings. The molecule has 2 aromatic carbocycles. The molecule has 0 spiro atoms. The number of fused-ring (bicyclic) bond motifs is 1. The van der Waals surface area contributed by atoms with Crippen molar-refractivity contribution >= 4 is 45.6 Å². The monoisotopic (exact) mass is 566 g/mol. The van der Waals surface area contributed by atoms with Gasteiger partial charge in [0.15, 0.2) is 0 Å². The van der Waals surface area contributed by atoms with E-state index in [1.165, 1.54) is 6.33 Å². The van der Waals surface area contributed by atoms with Gasteiger partial charge in [0.2, 0.25) is 5.91 Å². The van der Waals surface area contributed by atoms with Crippen LogP contribution in [0.1, 0.15) is 20.3 Å². The maximum atomic E-state index is 12.9. The van der Waals surface area contributed by atoms with E-state index in [9.17, 15) is 4.79 Å². The number of anilines is 3. The Balaban J connectivity index is 1.41. The summed E-state index contributed by atoms with van der Waals surface area (Å²) in [6.07, 6.45) is 4.95. The number of hydrogen-bond acceptors (Lipinski definition) is 9. The van der Waals surface area contributed by atoms with Gasteiger partial charge >= 0.3 is 0 Å². The van der Waals surface area contributed by atoms with E-state index >= 15 is 0 Å². The summed E-state index contributed by atoms with van der Waals surface area (Å²) in [5.74, 6) is 0.359. The van der Waals surface area contributed by atoms with Crippen molar-refractivity contribution in [2.75, 3.05) is 37.8 Å². The van der Waals surface area contributed by atoms with Crippen molar-refractivity contribution in [2.24, 2.45) is 0 Å². The van der Waals surface area contributed by atoms with Crippen molar-refractivity contribution in [1.29, 1.82) is 0 Å². The maximum Gasteiger partial charge on any atom is 0.249 e. The Hall–Kier alpha value is -4.41. The van der Waals surface area contributed by atoms with Crippen molar-refractivity contribution in [1.82, 2.24) is 19.9 Å². The fraction of sp³-hybridized carbons (Fsp3) is 0.241. The van der Waals surface area contributed by atoms with Crippen LogP contribution in [0.4, 0.5) is 17.2 Å². The zero-order valence-electron chi connectivity index (χ0n) is 27.1. The van der Waals surface area contributed by atoms with Crippen LogP contribution in [0.15, 0.2) is 73.3 Å². The number of ether oxygens (including phenoxy) is 3. The predicted octanol–water partition coefficient (Wildman–Crippen LogP) is 5.18. The Morgan fingerprint density at radius 3 is 2.90 bits per heavy atom. The average molecular weight is 567 g/mol. The lowest BCUT2D eigenvalue weighted by Gasteiger charge is -2.18. The summed E-state index contributed by atoms with van der Waals surface area (Å²) in [6.45, 7) is -4.86. The summed E-state index contributed by atoms with van der Waals surface area (Å²) < 4.78 is 62.4. The molecule has 2 aromatic heterocycles. The second-order valence-electron chi connectivity index (χ2n) is 8.75. The molecule has 1 saturated heterocycles. The third kappa shape index (κ3) is 6.96. The SMILES string of the molecule is [2H]C([2H])([2H])N(/C=C/C(=O)Nc1cc2c(Nc3ccc(OCc4ccccn4)c(Cl)c3)ncnc2cc1OC1CCOC1)C([2H])([2H])[2H]. The van der Waals surface area contributed by atoms with E-state index in [0.717, 1.165) is 11.8 Å². The van der Waals surface area contributed by atoms with E-state index in [0.29, 0.717) is 59.0 Å². The second-order valence-corrected chi connectivity index (χ2v) is 9.15. The summed E-state index contributed by atoms with van der Waals surface area (Å²) in [5.41, 5.74) is 2.07. The van der Waals surface area contributed by atoms with Crippen molar-refractivity contribution < 1.29 is 27.2 Å². The normalized spacial score (nSPS) is 17.7. The first-order chi connectivity index (χ1) is 21.9. The van der Waals surface area contributed by atoms with Crippen LogP contribution in [-0.2, 0) is 16.1 Å². The first kappa shape index (κ1) is 20.5. The Labute approximate surface area is 245 Å². The van der Waals surface area contributed by atoms with Gasteiger partial charge in [0.25, 0.3) is 0 Å². The minimum atomic E-state index is -2.99. The minimum Gasteiger partial charge on any atom is -0.486 e. The number of halogens is 1. The van der Waals surface area contributed by atoms with Gasteiger partial charge in [-0.15, -0.1) is 0 Å². The molecule has 11 heteroatoms. The molecule has 5 rings (SSSR count). The van der Waals surface area contributed by atoms with Crippen molar-refractivity contribution in [3.63, 3.8) is 0 Å². The molecular formula is C29H29ClN6O4. The molecule has 0 saturated carbocycles. The number of nitrogens with one attached hydrogen (secondary N) is 2. The van der Waals surface area contributed by atoms with Crippen molar-refractivity contribution in [3.05, 3.63) is 84.0 Å². The molecule has 40 heavy (non-hydrogen) atoms. The highest BCUT2D eigenvalue weighted by Crippen LogP contribution is 2.36. The molecule has 1 aliphatic heterocycles. The lowest BCUT2D eigenvalue weighted by Crippen LogP contribution is -2.18. The van der Waals surface area contributed by atoms with E-state index in [1.54, 1.807) is 36.5 Å². The molecule has 0 radical (unpaired) electrons. The Morgan fingerprint density at radius 2 is 2.12 bits per heavy atom. The molecule has 0 bridgehead atoms. The van der Waals surface area contributed by atoms with E-state index in [-0.39, 0.29) is 29.0 Å². The molecule has 10 nitrogen and oxygen atoms in total. The van der Waals surface area contributed by atoms with Gasteiger partial charge in [-0.3, -0.25) is 9.78 Å². The summed E-state index contributed by atoms with van der Waals surface area (Å²) in [6, 6.07) is 13.9. The van der Waals surface area contributed by atoms with Crippen LogP contribution in [0, 0.1) is 0 Å².